The minimum absolute atomic E-state index is 0.0217. The fourth-order valence-electron chi connectivity index (χ4n) is 2.00. The summed E-state index contributed by atoms with van der Waals surface area (Å²) in [6.45, 7) is 4.22. The maximum absolute atomic E-state index is 6.23. The lowest BCUT2D eigenvalue weighted by Gasteiger charge is -2.14. The van der Waals surface area contributed by atoms with Gasteiger partial charge in [0.15, 0.2) is 0 Å². The van der Waals surface area contributed by atoms with Gasteiger partial charge in [-0.3, -0.25) is 4.68 Å². The Kier molecular flexibility index (Phi) is 3.24. The quantitative estimate of drug-likeness (QED) is 0.872. The second-order valence-corrected chi connectivity index (χ2v) is 4.48. The number of nitrogens with zero attached hydrogens (tertiary/aromatic N) is 3. The topological polar surface area (TPSA) is 56.7 Å². The molecule has 1 unspecified atom stereocenters. The van der Waals surface area contributed by atoms with Crippen LogP contribution in [0.1, 0.15) is 28.4 Å². The second-order valence-electron chi connectivity index (χ2n) is 4.48. The van der Waals surface area contributed by atoms with E-state index in [1.165, 1.54) is 16.7 Å². The lowest BCUT2D eigenvalue weighted by Crippen LogP contribution is -2.15. The molecule has 1 aromatic heterocycles. The van der Waals surface area contributed by atoms with Crippen LogP contribution < -0.4 is 5.73 Å². The molecular formula is C13H18N4. The Hall–Kier alpha value is -1.68. The Labute approximate surface area is 101 Å². The van der Waals surface area contributed by atoms with Crippen molar-refractivity contribution in [3.8, 4) is 0 Å². The molecule has 2 rings (SSSR count). The molecular weight excluding hydrogens is 212 g/mol. The molecule has 0 radical (unpaired) electrons. The van der Waals surface area contributed by atoms with Crippen LogP contribution in [0.5, 0.6) is 0 Å². The molecule has 0 fully saturated rings. The average molecular weight is 230 g/mol. The number of benzene rings is 1. The summed E-state index contributed by atoms with van der Waals surface area (Å²) >= 11 is 0. The lowest BCUT2D eigenvalue weighted by atomic mass is 9.95. The minimum atomic E-state index is -0.0217. The van der Waals surface area contributed by atoms with E-state index in [0.717, 1.165) is 12.1 Å². The van der Waals surface area contributed by atoms with Crippen LogP contribution in [0.2, 0.25) is 0 Å². The van der Waals surface area contributed by atoms with E-state index in [0.29, 0.717) is 0 Å². The van der Waals surface area contributed by atoms with Crippen molar-refractivity contribution in [2.45, 2.75) is 26.3 Å². The smallest absolute Gasteiger partial charge is 0.0845 e. The monoisotopic (exact) mass is 230 g/mol. The highest BCUT2D eigenvalue weighted by molar-refractivity contribution is 5.35. The van der Waals surface area contributed by atoms with Crippen LogP contribution in [-0.2, 0) is 13.5 Å². The van der Waals surface area contributed by atoms with Gasteiger partial charge < -0.3 is 5.73 Å². The third-order valence-electron chi connectivity index (χ3n) is 3.13. The van der Waals surface area contributed by atoms with Crippen LogP contribution in [-0.4, -0.2) is 15.0 Å². The Morgan fingerprint density at radius 2 is 2.12 bits per heavy atom. The van der Waals surface area contributed by atoms with Crippen LogP contribution >= 0.6 is 0 Å². The zero-order valence-corrected chi connectivity index (χ0v) is 10.5. The zero-order chi connectivity index (χ0) is 12.4. The average Bonchev–Trinajstić information content (AvgIpc) is 2.68. The molecule has 2 aromatic rings. The van der Waals surface area contributed by atoms with E-state index >= 15 is 0 Å². The molecule has 0 saturated carbocycles. The van der Waals surface area contributed by atoms with Crippen molar-refractivity contribution >= 4 is 0 Å². The first kappa shape index (κ1) is 11.8. The van der Waals surface area contributed by atoms with Gasteiger partial charge in [0.2, 0.25) is 0 Å². The van der Waals surface area contributed by atoms with Crippen molar-refractivity contribution in [2.24, 2.45) is 12.8 Å². The summed E-state index contributed by atoms with van der Waals surface area (Å²) in [6.07, 6.45) is 2.63. The van der Waals surface area contributed by atoms with Gasteiger partial charge in [0.1, 0.15) is 0 Å². The Morgan fingerprint density at radius 3 is 2.76 bits per heavy atom. The van der Waals surface area contributed by atoms with Crippen molar-refractivity contribution < 1.29 is 0 Å². The van der Waals surface area contributed by atoms with Crippen LogP contribution in [0.25, 0.3) is 0 Å². The summed E-state index contributed by atoms with van der Waals surface area (Å²) in [6, 6.07) is 6.22. The van der Waals surface area contributed by atoms with Gasteiger partial charge in [0.25, 0.3) is 0 Å². The van der Waals surface area contributed by atoms with Crippen LogP contribution in [0.15, 0.2) is 24.4 Å². The summed E-state index contributed by atoms with van der Waals surface area (Å²) in [4.78, 5) is 0. The van der Waals surface area contributed by atoms with Crippen molar-refractivity contribution in [1.82, 2.24) is 15.0 Å². The molecule has 1 heterocycles. The SMILES string of the molecule is Cc1cccc(C(N)Cc2cn(C)nn2)c1C. The molecule has 17 heavy (non-hydrogen) atoms. The fraction of sp³-hybridized carbons (Fsp3) is 0.385. The summed E-state index contributed by atoms with van der Waals surface area (Å²) in [7, 11) is 1.86. The van der Waals surface area contributed by atoms with E-state index in [2.05, 4.69) is 36.3 Å². The van der Waals surface area contributed by atoms with Crippen LogP contribution in [0.4, 0.5) is 0 Å². The molecule has 0 saturated heterocycles. The maximum atomic E-state index is 6.23. The normalized spacial score (nSPS) is 12.7. The van der Waals surface area contributed by atoms with Gasteiger partial charge in [-0.05, 0) is 30.5 Å². The molecule has 0 spiro atoms. The molecule has 0 aliphatic rings. The third-order valence-corrected chi connectivity index (χ3v) is 3.13. The van der Waals surface area contributed by atoms with E-state index in [4.69, 9.17) is 5.73 Å². The molecule has 4 nitrogen and oxygen atoms in total. The predicted octanol–water partition coefficient (Wildman–Crippen LogP) is 1.67. The molecule has 1 atom stereocenters. The number of hydrogen-bond acceptors (Lipinski definition) is 3. The molecule has 0 amide bonds. The molecule has 0 aliphatic heterocycles. The van der Waals surface area contributed by atoms with Gasteiger partial charge in [-0.2, -0.15) is 0 Å². The molecule has 2 N–H and O–H groups in total. The van der Waals surface area contributed by atoms with Gasteiger partial charge in [-0.25, -0.2) is 0 Å². The van der Waals surface area contributed by atoms with Gasteiger partial charge in [0, 0.05) is 25.7 Å². The predicted molar refractivity (Wildman–Crippen MR) is 67.6 cm³/mol. The summed E-state index contributed by atoms with van der Waals surface area (Å²) in [5, 5.41) is 7.98. The van der Waals surface area contributed by atoms with E-state index < -0.39 is 0 Å². The number of aromatic nitrogens is 3. The van der Waals surface area contributed by atoms with Crippen molar-refractivity contribution in [3.63, 3.8) is 0 Å². The van der Waals surface area contributed by atoms with Crippen molar-refractivity contribution in [1.29, 1.82) is 0 Å². The first-order chi connectivity index (χ1) is 8.08. The van der Waals surface area contributed by atoms with Gasteiger partial charge in [0.05, 0.1) is 5.69 Å². The van der Waals surface area contributed by atoms with Crippen LogP contribution in [0, 0.1) is 13.8 Å². The number of hydrogen-bond donors (Lipinski definition) is 1. The number of nitrogens with two attached hydrogens (primary N) is 1. The first-order valence-electron chi connectivity index (χ1n) is 5.75. The fourth-order valence-corrected chi connectivity index (χ4v) is 2.00. The third kappa shape index (κ3) is 2.53. The highest BCUT2D eigenvalue weighted by Crippen LogP contribution is 2.21. The van der Waals surface area contributed by atoms with E-state index in [1.807, 2.05) is 19.3 Å². The van der Waals surface area contributed by atoms with E-state index in [9.17, 15) is 0 Å². The number of aryl methyl sites for hydroxylation is 2. The Balaban J connectivity index is 2.20. The van der Waals surface area contributed by atoms with Gasteiger partial charge in [-0.1, -0.05) is 23.4 Å². The van der Waals surface area contributed by atoms with Crippen LogP contribution in [0.3, 0.4) is 0 Å². The molecule has 90 valence electrons. The minimum Gasteiger partial charge on any atom is -0.324 e. The van der Waals surface area contributed by atoms with E-state index in [1.54, 1.807) is 4.68 Å². The van der Waals surface area contributed by atoms with Gasteiger partial charge >= 0.3 is 0 Å². The molecule has 0 aliphatic carbocycles. The Bertz CT molecular complexity index is 516. The van der Waals surface area contributed by atoms with Crippen molar-refractivity contribution in [3.05, 3.63) is 46.8 Å². The standard InChI is InChI=1S/C13H18N4/c1-9-5-4-6-12(10(9)2)13(14)7-11-8-17(3)16-15-11/h4-6,8,13H,7,14H2,1-3H3. The second kappa shape index (κ2) is 4.67. The summed E-state index contributed by atoms with van der Waals surface area (Å²) in [5.74, 6) is 0. The lowest BCUT2D eigenvalue weighted by molar-refractivity contribution is 0.690. The highest BCUT2D eigenvalue weighted by atomic mass is 15.4. The summed E-state index contributed by atoms with van der Waals surface area (Å²) in [5.41, 5.74) is 10.9. The molecule has 0 bridgehead atoms. The molecule has 1 aromatic carbocycles. The molecule has 4 heteroatoms. The zero-order valence-electron chi connectivity index (χ0n) is 10.5. The van der Waals surface area contributed by atoms with E-state index in [-0.39, 0.29) is 6.04 Å². The highest BCUT2D eigenvalue weighted by Gasteiger charge is 2.12. The largest absolute Gasteiger partial charge is 0.324 e. The maximum Gasteiger partial charge on any atom is 0.0845 e. The Morgan fingerprint density at radius 1 is 1.35 bits per heavy atom. The van der Waals surface area contributed by atoms with Crippen molar-refractivity contribution in [2.75, 3.05) is 0 Å². The number of rotatable bonds is 3. The van der Waals surface area contributed by atoms with Gasteiger partial charge in [-0.15, -0.1) is 5.10 Å². The summed E-state index contributed by atoms with van der Waals surface area (Å²) < 4.78 is 1.70. The first-order valence-corrected chi connectivity index (χ1v) is 5.75.